The van der Waals surface area contributed by atoms with Crippen LogP contribution in [0.4, 0.5) is 0 Å². The molecule has 2 fully saturated rings. The van der Waals surface area contributed by atoms with Gasteiger partial charge in [0.25, 0.3) is 5.91 Å². The van der Waals surface area contributed by atoms with E-state index in [1.807, 2.05) is 48.5 Å². The summed E-state index contributed by atoms with van der Waals surface area (Å²) in [7, 11) is 0. The number of aliphatic carboxylic acids is 1. The summed E-state index contributed by atoms with van der Waals surface area (Å²) in [6, 6.07) is 16.2. The molecule has 0 unspecified atom stereocenters. The molecule has 0 spiro atoms. The molecule has 2 amide bonds. The van der Waals surface area contributed by atoms with Crippen LogP contribution in [0.2, 0.25) is 0 Å². The number of rotatable bonds is 6. The maximum Gasteiger partial charge on any atom is 0.311 e. The molecule has 2 aliphatic rings. The smallest absolute Gasteiger partial charge is 0.311 e. The van der Waals surface area contributed by atoms with E-state index in [2.05, 4.69) is 31.4 Å². The number of likely N-dealkylation sites (tertiary alicyclic amines) is 1. The summed E-state index contributed by atoms with van der Waals surface area (Å²) in [6.07, 6.45) is 2.34. The maximum atomic E-state index is 13.4. The van der Waals surface area contributed by atoms with Gasteiger partial charge in [-0.25, -0.2) is 0 Å². The topological polar surface area (TPSA) is 98.7 Å². The van der Waals surface area contributed by atoms with Gasteiger partial charge in [0.2, 0.25) is 5.91 Å². The third-order valence-corrected chi connectivity index (χ3v) is 7.47. The Bertz CT molecular complexity index is 1130. The summed E-state index contributed by atoms with van der Waals surface area (Å²) in [4.78, 5) is 40.5. The standard InChI is InChI=1S/C29H37N3O4/c1-28(2,3)31-22-13-14-24(29(4,18-22)27(35)36)32-16-15-23(26(32)34)30-25(33)21-12-8-11-20(17-21)19-9-6-5-7-10-19/h5-12,17,22-24,31H,13-16,18H2,1-4H3,(H,30,33)(H,35,36)/t22-,23+,24+,29-/m1/s1. The lowest BCUT2D eigenvalue weighted by molar-refractivity contribution is -0.158. The van der Waals surface area contributed by atoms with Crippen LogP contribution in [0.3, 0.4) is 0 Å². The Morgan fingerprint density at radius 3 is 2.36 bits per heavy atom. The fraction of sp³-hybridized carbons (Fsp3) is 0.483. The Hall–Kier alpha value is -3.19. The minimum Gasteiger partial charge on any atom is -0.481 e. The molecular formula is C29H37N3O4. The van der Waals surface area contributed by atoms with Crippen molar-refractivity contribution in [1.82, 2.24) is 15.5 Å². The second kappa shape index (κ2) is 10.1. The van der Waals surface area contributed by atoms with Crippen molar-refractivity contribution in [3.05, 3.63) is 60.2 Å². The maximum absolute atomic E-state index is 13.4. The highest BCUT2D eigenvalue weighted by Crippen LogP contribution is 2.41. The molecule has 0 radical (unpaired) electrons. The molecule has 2 aromatic rings. The molecule has 2 aromatic carbocycles. The summed E-state index contributed by atoms with van der Waals surface area (Å²) >= 11 is 0. The number of benzene rings is 2. The van der Waals surface area contributed by atoms with Gasteiger partial charge in [-0.3, -0.25) is 14.4 Å². The number of amides is 2. The number of nitrogens with one attached hydrogen (secondary N) is 2. The first-order valence-corrected chi connectivity index (χ1v) is 12.8. The number of carboxylic acid groups (broad SMARTS) is 1. The first-order chi connectivity index (χ1) is 17.0. The van der Waals surface area contributed by atoms with E-state index in [-0.39, 0.29) is 23.4 Å². The van der Waals surface area contributed by atoms with Crippen LogP contribution in [-0.4, -0.2) is 58.0 Å². The fourth-order valence-corrected chi connectivity index (χ4v) is 5.75. The molecule has 1 aliphatic heterocycles. The van der Waals surface area contributed by atoms with E-state index in [4.69, 9.17) is 0 Å². The Morgan fingerprint density at radius 1 is 1.00 bits per heavy atom. The average molecular weight is 492 g/mol. The Kier molecular flexibility index (Phi) is 7.23. The van der Waals surface area contributed by atoms with Crippen LogP contribution in [0.5, 0.6) is 0 Å². The van der Waals surface area contributed by atoms with Crippen molar-refractivity contribution in [2.45, 2.75) is 77.0 Å². The zero-order chi connectivity index (χ0) is 26.1. The van der Waals surface area contributed by atoms with Gasteiger partial charge in [0.1, 0.15) is 6.04 Å². The number of hydrogen-bond acceptors (Lipinski definition) is 4. The molecule has 36 heavy (non-hydrogen) atoms. The highest BCUT2D eigenvalue weighted by Gasteiger charge is 2.52. The Labute approximate surface area is 213 Å². The number of carboxylic acids is 1. The summed E-state index contributed by atoms with van der Waals surface area (Å²) in [6.45, 7) is 8.42. The van der Waals surface area contributed by atoms with Crippen molar-refractivity contribution >= 4 is 17.8 Å². The summed E-state index contributed by atoms with van der Waals surface area (Å²) in [5.74, 6) is -1.37. The molecule has 7 nitrogen and oxygen atoms in total. The van der Waals surface area contributed by atoms with Crippen molar-refractivity contribution in [3.63, 3.8) is 0 Å². The molecule has 1 saturated carbocycles. The van der Waals surface area contributed by atoms with Crippen molar-refractivity contribution in [3.8, 4) is 11.1 Å². The predicted octanol–water partition coefficient (Wildman–Crippen LogP) is 4.08. The number of carbonyl (C=O) groups is 3. The normalized spacial score (nSPS) is 26.6. The highest BCUT2D eigenvalue weighted by molar-refractivity contribution is 5.99. The van der Waals surface area contributed by atoms with Crippen molar-refractivity contribution in [1.29, 1.82) is 0 Å². The van der Waals surface area contributed by atoms with Gasteiger partial charge in [-0.2, -0.15) is 0 Å². The minimum atomic E-state index is -1.06. The Morgan fingerprint density at radius 2 is 1.69 bits per heavy atom. The van der Waals surface area contributed by atoms with Gasteiger partial charge in [-0.1, -0.05) is 42.5 Å². The van der Waals surface area contributed by atoms with Crippen molar-refractivity contribution in [2.75, 3.05) is 6.54 Å². The van der Waals surface area contributed by atoms with Gasteiger partial charge in [0, 0.05) is 29.7 Å². The van der Waals surface area contributed by atoms with Gasteiger partial charge in [0.05, 0.1) is 5.41 Å². The van der Waals surface area contributed by atoms with Crippen LogP contribution in [0.15, 0.2) is 54.6 Å². The fourth-order valence-electron chi connectivity index (χ4n) is 5.75. The largest absolute Gasteiger partial charge is 0.481 e. The molecule has 3 N–H and O–H groups in total. The van der Waals surface area contributed by atoms with Gasteiger partial charge in [-0.05, 0) is 76.6 Å². The quantitative estimate of drug-likeness (QED) is 0.566. The lowest BCUT2D eigenvalue weighted by Gasteiger charge is -2.47. The van der Waals surface area contributed by atoms with Gasteiger partial charge in [-0.15, -0.1) is 0 Å². The monoisotopic (exact) mass is 491 g/mol. The van der Waals surface area contributed by atoms with Gasteiger partial charge < -0.3 is 20.6 Å². The second-order valence-electron chi connectivity index (χ2n) is 11.4. The molecule has 192 valence electrons. The lowest BCUT2D eigenvalue weighted by atomic mass is 9.68. The van der Waals surface area contributed by atoms with E-state index < -0.39 is 23.5 Å². The molecule has 1 aliphatic carbocycles. The zero-order valence-electron chi connectivity index (χ0n) is 21.6. The van der Waals surface area contributed by atoms with Crippen LogP contribution < -0.4 is 10.6 Å². The van der Waals surface area contributed by atoms with Gasteiger partial charge in [0.15, 0.2) is 0 Å². The van der Waals surface area contributed by atoms with Crippen LogP contribution in [0.25, 0.3) is 11.1 Å². The van der Waals surface area contributed by atoms with E-state index >= 15 is 0 Å². The van der Waals surface area contributed by atoms with E-state index in [0.29, 0.717) is 31.4 Å². The summed E-state index contributed by atoms with van der Waals surface area (Å²) < 4.78 is 0. The molecule has 0 bridgehead atoms. The minimum absolute atomic E-state index is 0.0763. The summed E-state index contributed by atoms with van der Waals surface area (Å²) in [5, 5.41) is 16.6. The number of nitrogens with zero attached hydrogens (tertiary/aromatic N) is 1. The number of carbonyl (C=O) groups excluding carboxylic acids is 2. The third-order valence-electron chi connectivity index (χ3n) is 7.47. The molecule has 4 atom stereocenters. The Balaban J connectivity index is 1.45. The first kappa shape index (κ1) is 25.9. The van der Waals surface area contributed by atoms with E-state index in [1.165, 1.54) is 0 Å². The predicted molar refractivity (Wildman–Crippen MR) is 140 cm³/mol. The first-order valence-electron chi connectivity index (χ1n) is 12.8. The molecule has 4 rings (SSSR count). The molecular weight excluding hydrogens is 454 g/mol. The lowest BCUT2D eigenvalue weighted by Crippen LogP contribution is -2.59. The zero-order valence-corrected chi connectivity index (χ0v) is 21.6. The second-order valence-corrected chi connectivity index (χ2v) is 11.4. The van der Waals surface area contributed by atoms with Crippen LogP contribution in [0.1, 0.15) is 63.7 Å². The van der Waals surface area contributed by atoms with Crippen molar-refractivity contribution in [2.24, 2.45) is 5.41 Å². The van der Waals surface area contributed by atoms with Gasteiger partial charge >= 0.3 is 5.97 Å². The molecule has 0 aromatic heterocycles. The van der Waals surface area contributed by atoms with Crippen molar-refractivity contribution < 1.29 is 19.5 Å². The summed E-state index contributed by atoms with van der Waals surface area (Å²) in [5.41, 5.74) is 1.26. The van der Waals surface area contributed by atoms with Crippen LogP contribution in [-0.2, 0) is 9.59 Å². The van der Waals surface area contributed by atoms with E-state index in [1.54, 1.807) is 17.9 Å². The average Bonchev–Trinajstić information content (AvgIpc) is 3.18. The SMILES string of the molecule is CC(C)(C)N[C@@H]1CC[C@H](N2CC[C@H](NC(=O)c3cccc(-c4ccccc4)c3)C2=O)[C@](C)(C(=O)O)C1. The molecule has 1 heterocycles. The van der Waals surface area contributed by atoms with Crippen LogP contribution >= 0.6 is 0 Å². The molecule has 7 heteroatoms. The van der Waals surface area contributed by atoms with E-state index in [9.17, 15) is 19.5 Å². The van der Waals surface area contributed by atoms with E-state index in [0.717, 1.165) is 17.5 Å². The molecule has 1 saturated heterocycles. The number of hydrogen-bond donors (Lipinski definition) is 3. The van der Waals surface area contributed by atoms with Crippen LogP contribution in [0, 0.1) is 5.41 Å². The third kappa shape index (κ3) is 5.46. The highest BCUT2D eigenvalue weighted by atomic mass is 16.4.